The molecule has 0 radical (unpaired) electrons. The first-order valence-corrected chi connectivity index (χ1v) is 3.75. The van der Waals surface area contributed by atoms with E-state index in [0.29, 0.717) is 0 Å². The fourth-order valence-electron chi connectivity index (χ4n) is 1.33. The fourth-order valence-corrected chi connectivity index (χ4v) is 1.33. The van der Waals surface area contributed by atoms with Crippen LogP contribution in [-0.4, -0.2) is 41.5 Å². The topological polar surface area (TPSA) is 43.7 Å². The quantitative estimate of drug-likeness (QED) is 0.495. The zero-order chi connectivity index (χ0) is 7.56. The first kappa shape index (κ1) is 7.98. The van der Waals surface area contributed by atoms with Crippen LogP contribution in [0.4, 0.5) is 0 Å². The minimum absolute atomic E-state index is 0.108. The summed E-state index contributed by atoms with van der Waals surface area (Å²) in [7, 11) is 2.06. The number of aliphatic hydroxyl groups is 2. The SMILES string of the molecule is CN1CCC(C(O)O)CC1. The minimum atomic E-state index is -1.10. The number of hydrogen-bond acceptors (Lipinski definition) is 3. The van der Waals surface area contributed by atoms with Gasteiger partial charge in [-0.1, -0.05) is 0 Å². The maximum atomic E-state index is 8.80. The molecule has 1 fully saturated rings. The molecule has 1 heterocycles. The monoisotopic (exact) mass is 145 g/mol. The normalized spacial score (nSPS) is 24.0. The van der Waals surface area contributed by atoms with Gasteiger partial charge in [-0.15, -0.1) is 0 Å². The largest absolute Gasteiger partial charge is 0.368 e. The highest BCUT2D eigenvalue weighted by molar-refractivity contribution is 4.70. The predicted octanol–water partition coefficient (Wildman–Crippen LogP) is -0.361. The van der Waals surface area contributed by atoms with Crippen LogP contribution < -0.4 is 0 Å². The van der Waals surface area contributed by atoms with E-state index in [-0.39, 0.29) is 5.92 Å². The Morgan fingerprint density at radius 1 is 1.30 bits per heavy atom. The van der Waals surface area contributed by atoms with Gasteiger partial charge < -0.3 is 15.1 Å². The van der Waals surface area contributed by atoms with Gasteiger partial charge in [0.2, 0.25) is 0 Å². The summed E-state index contributed by atoms with van der Waals surface area (Å²) < 4.78 is 0. The molecule has 1 aliphatic heterocycles. The molecule has 0 aromatic heterocycles. The molecule has 1 aliphatic rings. The van der Waals surface area contributed by atoms with Gasteiger partial charge in [0.15, 0.2) is 6.29 Å². The molecule has 0 saturated carbocycles. The van der Waals surface area contributed by atoms with E-state index >= 15 is 0 Å². The van der Waals surface area contributed by atoms with Gasteiger partial charge in [-0.3, -0.25) is 0 Å². The third kappa shape index (κ3) is 1.94. The van der Waals surface area contributed by atoms with E-state index in [4.69, 9.17) is 10.2 Å². The van der Waals surface area contributed by atoms with Gasteiger partial charge in [-0.05, 0) is 33.0 Å². The van der Waals surface area contributed by atoms with Crippen molar-refractivity contribution in [3.05, 3.63) is 0 Å². The molecule has 0 aromatic carbocycles. The Hall–Kier alpha value is -0.120. The summed E-state index contributed by atoms with van der Waals surface area (Å²) in [6.07, 6.45) is 0.719. The van der Waals surface area contributed by atoms with E-state index in [1.807, 2.05) is 0 Å². The molecule has 2 N–H and O–H groups in total. The summed E-state index contributed by atoms with van der Waals surface area (Å²) in [5.74, 6) is 0.108. The van der Waals surface area contributed by atoms with Crippen molar-refractivity contribution in [1.82, 2.24) is 4.90 Å². The molecular weight excluding hydrogens is 130 g/mol. The van der Waals surface area contributed by atoms with Crippen molar-refractivity contribution >= 4 is 0 Å². The lowest BCUT2D eigenvalue weighted by molar-refractivity contribution is -0.0968. The second-order valence-corrected chi connectivity index (χ2v) is 3.05. The Morgan fingerprint density at radius 2 is 1.80 bits per heavy atom. The molecule has 0 bridgehead atoms. The zero-order valence-electron chi connectivity index (χ0n) is 6.32. The average Bonchev–Trinajstić information content (AvgIpc) is 1.88. The van der Waals surface area contributed by atoms with Gasteiger partial charge in [-0.2, -0.15) is 0 Å². The van der Waals surface area contributed by atoms with Crippen LogP contribution in [0.15, 0.2) is 0 Å². The number of hydrogen-bond donors (Lipinski definition) is 2. The van der Waals surface area contributed by atoms with Crippen molar-refractivity contribution in [1.29, 1.82) is 0 Å². The summed E-state index contributed by atoms with van der Waals surface area (Å²) in [6.45, 7) is 1.98. The molecule has 0 atom stereocenters. The Bertz CT molecular complexity index is 97.8. The lowest BCUT2D eigenvalue weighted by Crippen LogP contribution is -2.35. The van der Waals surface area contributed by atoms with Crippen molar-refractivity contribution in [3.63, 3.8) is 0 Å². The molecule has 0 spiro atoms. The van der Waals surface area contributed by atoms with Crippen LogP contribution in [0.3, 0.4) is 0 Å². The van der Waals surface area contributed by atoms with Crippen LogP contribution >= 0.6 is 0 Å². The number of likely N-dealkylation sites (tertiary alicyclic amines) is 1. The molecule has 1 rings (SSSR count). The van der Waals surface area contributed by atoms with Crippen molar-refractivity contribution in [2.75, 3.05) is 20.1 Å². The number of nitrogens with zero attached hydrogens (tertiary/aromatic N) is 1. The average molecular weight is 145 g/mol. The molecule has 60 valence electrons. The second-order valence-electron chi connectivity index (χ2n) is 3.05. The zero-order valence-corrected chi connectivity index (χ0v) is 6.32. The molecule has 0 unspecified atom stereocenters. The van der Waals surface area contributed by atoms with Crippen molar-refractivity contribution in [3.8, 4) is 0 Å². The van der Waals surface area contributed by atoms with Crippen LogP contribution in [0, 0.1) is 5.92 Å². The summed E-state index contributed by atoms with van der Waals surface area (Å²) in [4.78, 5) is 2.21. The number of rotatable bonds is 1. The van der Waals surface area contributed by atoms with E-state index in [0.717, 1.165) is 25.9 Å². The third-order valence-corrected chi connectivity index (χ3v) is 2.18. The van der Waals surface area contributed by atoms with E-state index in [2.05, 4.69) is 11.9 Å². The standard InChI is InChI=1S/C7H15NO2/c1-8-4-2-6(3-5-8)7(9)10/h6-7,9-10H,2-5H2,1H3. The van der Waals surface area contributed by atoms with Crippen LogP contribution in [0.5, 0.6) is 0 Å². The molecular formula is C7H15NO2. The molecule has 10 heavy (non-hydrogen) atoms. The van der Waals surface area contributed by atoms with E-state index < -0.39 is 6.29 Å². The van der Waals surface area contributed by atoms with Gasteiger partial charge in [0.1, 0.15) is 0 Å². The van der Waals surface area contributed by atoms with Gasteiger partial charge in [0.05, 0.1) is 0 Å². The highest BCUT2D eigenvalue weighted by Gasteiger charge is 2.21. The lowest BCUT2D eigenvalue weighted by Gasteiger charge is -2.29. The first-order valence-electron chi connectivity index (χ1n) is 3.75. The molecule has 3 heteroatoms. The molecule has 1 saturated heterocycles. The Balaban J connectivity index is 2.26. The molecule has 0 aromatic rings. The van der Waals surface area contributed by atoms with Crippen LogP contribution in [0.2, 0.25) is 0 Å². The highest BCUT2D eigenvalue weighted by Crippen LogP contribution is 2.17. The molecule has 3 nitrogen and oxygen atoms in total. The van der Waals surface area contributed by atoms with Crippen LogP contribution in [0.1, 0.15) is 12.8 Å². The Labute approximate surface area is 61.3 Å². The van der Waals surface area contributed by atoms with Crippen molar-refractivity contribution < 1.29 is 10.2 Å². The smallest absolute Gasteiger partial charge is 0.154 e. The number of aliphatic hydroxyl groups excluding tert-OH is 1. The molecule has 0 amide bonds. The summed E-state index contributed by atoms with van der Waals surface area (Å²) in [5, 5.41) is 17.6. The summed E-state index contributed by atoms with van der Waals surface area (Å²) in [5.41, 5.74) is 0. The van der Waals surface area contributed by atoms with Gasteiger partial charge in [0, 0.05) is 5.92 Å². The first-order chi connectivity index (χ1) is 4.70. The highest BCUT2D eigenvalue weighted by atomic mass is 16.5. The van der Waals surface area contributed by atoms with E-state index in [1.54, 1.807) is 0 Å². The minimum Gasteiger partial charge on any atom is -0.368 e. The predicted molar refractivity (Wildman–Crippen MR) is 38.4 cm³/mol. The lowest BCUT2D eigenvalue weighted by atomic mass is 9.97. The Kier molecular flexibility index (Phi) is 2.65. The number of piperidine rings is 1. The third-order valence-electron chi connectivity index (χ3n) is 2.18. The second kappa shape index (κ2) is 3.32. The van der Waals surface area contributed by atoms with Gasteiger partial charge >= 0.3 is 0 Å². The van der Waals surface area contributed by atoms with Crippen LogP contribution in [0.25, 0.3) is 0 Å². The van der Waals surface area contributed by atoms with Crippen molar-refractivity contribution in [2.24, 2.45) is 5.92 Å². The van der Waals surface area contributed by atoms with Crippen LogP contribution in [-0.2, 0) is 0 Å². The Morgan fingerprint density at radius 3 is 2.20 bits per heavy atom. The fraction of sp³-hybridized carbons (Fsp3) is 1.00. The summed E-state index contributed by atoms with van der Waals surface area (Å²) >= 11 is 0. The van der Waals surface area contributed by atoms with Crippen molar-refractivity contribution in [2.45, 2.75) is 19.1 Å². The van der Waals surface area contributed by atoms with Gasteiger partial charge in [-0.25, -0.2) is 0 Å². The maximum Gasteiger partial charge on any atom is 0.154 e. The molecule has 0 aliphatic carbocycles. The van der Waals surface area contributed by atoms with E-state index in [1.165, 1.54) is 0 Å². The van der Waals surface area contributed by atoms with E-state index in [9.17, 15) is 0 Å². The maximum absolute atomic E-state index is 8.80. The summed E-state index contributed by atoms with van der Waals surface area (Å²) in [6, 6.07) is 0. The van der Waals surface area contributed by atoms with Gasteiger partial charge in [0.25, 0.3) is 0 Å².